The van der Waals surface area contributed by atoms with Gasteiger partial charge in [-0.15, -0.1) is 0 Å². The number of ether oxygens (including phenoxy) is 1. The average Bonchev–Trinajstić information content (AvgIpc) is 2.62. The summed E-state index contributed by atoms with van der Waals surface area (Å²) in [4.78, 5) is 29.8. The highest BCUT2D eigenvalue weighted by atomic mass is 16.5. The Morgan fingerprint density at radius 3 is 2.33 bits per heavy atom. The minimum atomic E-state index is -0.0197. The zero-order chi connectivity index (χ0) is 17.4. The molecule has 0 spiro atoms. The molecule has 0 aromatic heterocycles. The minimum absolute atomic E-state index is 0.0197. The Morgan fingerprint density at radius 1 is 1.08 bits per heavy atom. The van der Waals surface area contributed by atoms with E-state index in [9.17, 15) is 9.59 Å². The number of anilines is 1. The zero-order valence-electron chi connectivity index (χ0n) is 14.6. The van der Waals surface area contributed by atoms with Gasteiger partial charge in [-0.05, 0) is 12.1 Å². The van der Waals surface area contributed by atoms with Gasteiger partial charge in [-0.2, -0.15) is 0 Å². The third kappa shape index (κ3) is 5.23. The van der Waals surface area contributed by atoms with E-state index in [1.165, 1.54) is 12.6 Å². The quantitative estimate of drug-likeness (QED) is 0.753. The monoisotopic (exact) mass is 333 g/mol. The van der Waals surface area contributed by atoms with Gasteiger partial charge < -0.3 is 19.4 Å². The fraction of sp³-hybridized carbons (Fsp3) is 0.556. The number of piperazine rings is 1. The van der Waals surface area contributed by atoms with Crippen molar-refractivity contribution in [2.45, 2.75) is 13.3 Å². The fourth-order valence-electron chi connectivity index (χ4n) is 2.87. The molecule has 6 nitrogen and oxygen atoms in total. The third-order valence-electron chi connectivity index (χ3n) is 4.36. The molecule has 2 amide bonds. The molecule has 0 radical (unpaired) electrons. The van der Waals surface area contributed by atoms with Crippen LogP contribution in [0.4, 0.5) is 5.69 Å². The van der Waals surface area contributed by atoms with E-state index in [-0.39, 0.29) is 11.8 Å². The van der Waals surface area contributed by atoms with E-state index >= 15 is 0 Å². The van der Waals surface area contributed by atoms with E-state index in [0.717, 1.165) is 26.2 Å². The summed E-state index contributed by atoms with van der Waals surface area (Å²) >= 11 is 0. The molecule has 0 unspecified atom stereocenters. The second kappa shape index (κ2) is 9.27. The van der Waals surface area contributed by atoms with Crippen molar-refractivity contribution >= 4 is 17.5 Å². The Labute approximate surface area is 144 Å². The number of rotatable bonds is 7. The summed E-state index contributed by atoms with van der Waals surface area (Å²) in [5.74, 6) is 0.0973. The largest absolute Gasteiger partial charge is 0.383 e. The molecule has 24 heavy (non-hydrogen) atoms. The fourth-order valence-corrected chi connectivity index (χ4v) is 2.87. The maximum atomic E-state index is 12.4. The summed E-state index contributed by atoms with van der Waals surface area (Å²) in [6, 6.07) is 10.3. The van der Waals surface area contributed by atoms with Gasteiger partial charge in [0.2, 0.25) is 11.8 Å². The van der Waals surface area contributed by atoms with E-state index in [2.05, 4.69) is 17.0 Å². The molecule has 132 valence electrons. The average molecular weight is 333 g/mol. The first-order valence-electron chi connectivity index (χ1n) is 8.44. The Balaban J connectivity index is 1.77. The molecule has 6 heteroatoms. The van der Waals surface area contributed by atoms with Gasteiger partial charge in [-0.3, -0.25) is 9.59 Å². The number of hydrogen-bond acceptors (Lipinski definition) is 4. The second-order valence-corrected chi connectivity index (χ2v) is 5.95. The van der Waals surface area contributed by atoms with E-state index in [4.69, 9.17) is 4.74 Å². The number of hydrogen-bond donors (Lipinski definition) is 0. The molecule has 0 saturated carbocycles. The molecular weight excluding hydrogens is 306 g/mol. The molecule has 1 aliphatic heterocycles. The summed E-state index contributed by atoms with van der Waals surface area (Å²) in [5, 5.41) is 0. The van der Waals surface area contributed by atoms with Crippen LogP contribution in [0.3, 0.4) is 0 Å². The molecule has 1 aromatic rings. The lowest BCUT2D eigenvalue weighted by Crippen LogP contribution is -2.49. The predicted octanol–water partition coefficient (Wildman–Crippen LogP) is 1.22. The lowest BCUT2D eigenvalue weighted by Gasteiger charge is -2.36. The highest BCUT2D eigenvalue weighted by molar-refractivity contribution is 5.78. The second-order valence-electron chi connectivity index (χ2n) is 5.95. The summed E-state index contributed by atoms with van der Waals surface area (Å²) < 4.78 is 5.00. The SMILES string of the molecule is COCCN(CCC(=O)N1CCN(c2ccccc2)CC1)C(C)=O. The van der Waals surface area contributed by atoms with Crippen LogP contribution in [0.25, 0.3) is 0 Å². The molecule has 1 aromatic carbocycles. The number of para-hydroxylation sites is 1. The number of carbonyl (C=O) groups is 2. The molecule has 2 rings (SSSR count). The van der Waals surface area contributed by atoms with Crippen molar-refractivity contribution in [2.75, 3.05) is 57.9 Å². The van der Waals surface area contributed by atoms with Gasteiger partial charge in [0.25, 0.3) is 0 Å². The number of nitrogens with zero attached hydrogens (tertiary/aromatic N) is 3. The third-order valence-corrected chi connectivity index (χ3v) is 4.36. The Hall–Kier alpha value is -2.08. The summed E-state index contributed by atoms with van der Waals surface area (Å²) in [5.41, 5.74) is 1.20. The first kappa shape index (κ1) is 18.3. The molecule has 0 bridgehead atoms. The maximum Gasteiger partial charge on any atom is 0.224 e. The molecule has 1 saturated heterocycles. The smallest absolute Gasteiger partial charge is 0.224 e. The van der Waals surface area contributed by atoms with Gasteiger partial charge in [-0.1, -0.05) is 18.2 Å². The van der Waals surface area contributed by atoms with Crippen molar-refractivity contribution in [3.63, 3.8) is 0 Å². The predicted molar refractivity (Wildman–Crippen MR) is 94.0 cm³/mol. The summed E-state index contributed by atoms with van der Waals surface area (Å²) in [6.07, 6.45) is 0.370. The van der Waals surface area contributed by atoms with Crippen molar-refractivity contribution in [3.8, 4) is 0 Å². The lowest BCUT2D eigenvalue weighted by atomic mass is 10.2. The van der Waals surface area contributed by atoms with Crippen molar-refractivity contribution in [1.29, 1.82) is 0 Å². The van der Waals surface area contributed by atoms with Gasteiger partial charge in [0.1, 0.15) is 0 Å². The van der Waals surface area contributed by atoms with Crippen LogP contribution in [0, 0.1) is 0 Å². The van der Waals surface area contributed by atoms with Gasteiger partial charge in [0, 0.05) is 65.4 Å². The first-order valence-corrected chi connectivity index (χ1v) is 8.44. The number of amides is 2. The van der Waals surface area contributed by atoms with Gasteiger partial charge in [0.05, 0.1) is 6.61 Å². The van der Waals surface area contributed by atoms with E-state index in [1.807, 2.05) is 23.1 Å². The minimum Gasteiger partial charge on any atom is -0.383 e. The van der Waals surface area contributed by atoms with Crippen LogP contribution in [-0.2, 0) is 14.3 Å². The zero-order valence-corrected chi connectivity index (χ0v) is 14.6. The Morgan fingerprint density at radius 2 is 1.75 bits per heavy atom. The van der Waals surface area contributed by atoms with Crippen LogP contribution < -0.4 is 4.90 Å². The van der Waals surface area contributed by atoms with E-state index < -0.39 is 0 Å². The van der Waals surface area contributed by atoms with Gasteiger partial charge in [0.15, 0.2) is 0 Å². The highest BCUT2D eigenvalue weighted by Gasteiger charge is 2.21. The van der Waals surface area contributed by atoms with Crippen LogP contribution in [0.1, 0.15) is 13.3 Å². The summed E-state index contributed by atoms with van der Waals surface area (Å²) in [6.45, 7) is 6.14. The van der Waals surface area contributed by atoms with Gasteiger partial charge >= 0.3 is 0 Å². The highest BCUT2D eigenvalue weighted by Crippen LogP contribution is 2.15. The van der Waals surface area contributed by atoms with Crippen LogP contribution in [0.5, 0.6) is 0 Å². The first-order chi connectivity index (χ1) is 11.6. The maximum absolute atomic E-state index is 12.4. The molecule has 0 atom stereocenters. The standard InChI is InChI=1S/C18H27N3O3/c1-16(22)19(14-15-24-2)9-8-18(23)21-12-10-20(11-13-21)17-6-4-3-5-7-17/h3-7H,8-15H2,1-2H3. The topological polar surface area (TPSA) is 53.1 Å². The van der Waals surface area contributed by atoms with E-state index in [1.54, 1.807) is 12.0 Å². The van der Waals surface area contributed by atoms with Crippen LogP contribution in [0.15, 0.2) is 30.3 Å². The van der Waals surface area contributed by atoms with E-state index in [0.29, 0.717) is 26.1 Å². The van der Waals surface area contributed by atoms with Crippen LogP contribution >= 0.6 is 0 Å². The van der Waals surface area contributed by atoms with Crippen LogP contribution in [0.2, 0.25) is 0 Å². The van der Waals surface area contributed by atoms with Crippen molar-refractivity contribution in [1.82, 2.24) is 9.80 Å². The summed E-state index contributed by atoms with van der Waals surface area (Å²) in [7, 11) is 1.61. The number of methoxy groups -OCH3 is 1. The molecule has 1 heterocycles. The molecule has 0 N–H and O–H groups in total. The van der Waals surface area contributed by atoms with Gasteiger partial charge in [-0.25, -0.2) is 0 Å². The lowest BCUT2D eigenvalue weighted by molar-refractivity contribution is -0.134. The molecular formula is C18H27N3O3. The molecule has 1 fully saturated rings. The van der Waals surface area contributed by atoms with Crippen molar-refractivity contribution in [2.24, 2.45) is 0 Å². The van der Waals surface area contributed by atoms with Crippen molar-refractivity contribution in [3.05, 3.63) is 30.3 Å². The normalized spacial score (nSPS) is 14.6. The molecule has 1 aliphatic rings. The Kier molecular flexibility index (Phi) is 7.06. The number of carbonyl (C=O) groups excluding carboxylic acids is 2. The molecule has 0 aliphatic carbocycles. The van der Waals surface area contributed by atoms with Crippen LogP contribution in [-0.4, -0.2) is 74.6 Å². The Bertz CT molecular complexity index is 528. The number of benzene rings is 1. The van der Waals surface area contributed by atoms with Crippen molar-refractivity contribution < 1.29 is 14.3 Å².